The van der Waals surface area contributed by atoms with Crippen LogP contribution in [0.5, 0.6) is 0 Å². The number of nitrogens with one attached hydrogen (secondary N) is 4. The lowest BCUT2D eigenvalue weighted by Gasteiger charge is -2.30. The molecule has 3 unspecified atom stereocenters. The average molecular weight is 757 g/mol. The third-order valence-electron chi connectivity index (χ3n) is 12.1. The normalized spacial score (nSPS) is 22.5. The van der Waals surface area contributed by atoms with Crippen molar-refractivity contribution < 1.29 is 23.9 Å². The number of imidazole rings is 2. The predicted molar refractivity (Wildman–Crippen MR) is 210 cm³/mol. The Morgan fingerprint density at radius 3 is 2.12 bits per heavy atom. The molecule has 2 saturated carbocycles. The van der Waals surface area contributed by atoms with E-state index >= 15 is 0 Å². The molecule has 3 fully saturated rings. The van der Waals surface area contributed by atoms with Crippen LogP contribution in [-0.2, 0) is 25.6 Å². The molecule has 3 aliphatic rings. The number of aromatic amines is 2. The van der Waals surface area contributed by atoms with Crippen molar-refractivity contribution in [3.05, 3.63) is 103 Å². The van der Waals surface area contributed by atoms with Gasteiger partial charge in [0.15, 0.2) is 0 Å². The first-order valence-electron chi connectivity index (χ1n) is 19.5. The van der Waals surface area contributed by atoms with Crippen LogP contribution in [0, 0.1) is 17.8 Å². The molecule has 2 bridgehead atoms. The number of alkyl carbamates (subject to hydrolysis) is 1. The smallest absolute Gasteiger partial charge is 0.407 e. The van der Waals surface area contributed by atoms with Crippen molar-refractivity contribution in [3.63, 3.8) is 0 Å². The van der Waals surface area contributed by atoms with E-state index in [1.54, 1.807) is 30.4 Å². The average Bonchev–Trinajstić information content (AvgIpc) is 4.10. The monoisotopic (exact) mass is 756 g/mol. The summed E-state index contributed by atoms with van der Waals surface area (Å²) in [7, 11) is 2.77. The number of rotatable bonds is 12. The highest BCUT2D eigenvalue weighted by molar-refractivity contribution is 5.87. The largest absolute Gasteiger partial charge is 0.453 e. The lowest BCUT2D eigenvalue weighted by molar-refractivity contribution is -0.137. The summed E-state index contributed by atoms with van der Waals surface area (Å²) in [4.78, 5) is 61.6. The van der Waals surface area contributed by atoms with Crippen LogP contribution >= 0.6 is 0 Å². The van der Waals surface area contributed by atoms with E-state index in [2.05, 4.69) is 79.1 Å². The minimum absolute atomic E-state index is 0.0793. The maximum atomic E-state index is 13.6. The molecule has 3 aromatic heterocycles. The van der Waals surface area contributed by atoms with Gasteiger partial charge in [0.2, 0.25) is 11.8 Å². The first kappa shape index (κ1) is 37.1. The van der Waals surface area contributed by atoms with Gasteiger partial charge >= 0.3 is 6.09 Å². The summed E-state index contributed by atoms with van der Waals surface area (Å²) in [5, 5.41) is 5.80. The number of benzene rings is 2. The molecule has 2 aliphatic carbocycles. The Kier molecular flexibility index (Phi) is 10.7. The molecular weight excluding hydrogens is 709 g/mol. The van der Waals surface area contributed by atoms with Gasteiger partial charge < -0.3 is 35.0 Å². The van der Waals surface area contributed by atoms with Crippen LogP contribution in [-0.4, -0.2) is 80.6 Å². The highest BCUT2D eigenvalue weighted by Gasteiger charge is 2.52. The Labute approximate surface area is 326 Å². The third-order valence-corrected chi connectivity index (χ3v) is 12.1. The molecule has 2 aromatic carbocycles. The molecule has 13 heteroatoms. The maximum absolute atomic E-state index is 13.6. The standard InChI is InChI=1S/C43H48N8O5/c1-25(55-2)38(50-43(54)56-3)42(53)51-19-5-7-35(51)39-45-23-33(48-39)29-12-8-27(9-13-29)28-10-14-30(15-11-28)34-24-46-40(49-34)36-31-16-17-32(20-31)37(36)41(52)47-22-26-6-4-18-44-21-26/h4,6,8-15,18,21,23-25,31-32,35-38H,5,7,16-17,19-20,22H2,1-3H3,(H,45,48)(H,46,49)(H,47,52)(H,50,54)/t25-,31?,32?,35+,36?,37+,38+/m1/s1. The number of fused-ring (bicyclic) bond motifs is 2. The number of pyridine rings is 1. The molecule has 3 amide bonds. The molecule has 4 N–H and O–H groups in total. The summed E-state index contributed by atoms with van der Waals surface area (Å²) in [5.41, 5.74) is 6.98. The number of hydrogen-bond acceptors (Lipinski definition) is 8. The zero-order chi connectivity index (χ0) is 38.8. The molecule has 8 rings (SSSR count). The lowest BCUT2D eigenvalue weighted by Crippen LogP contribution is -2.54. The number of carbonyl (C=O) groups excluding carboxylic acids is 3. The lowest BCUT2D eigenvalue weighted by atomic mass is 9.78. The Hall–Kier alpha value is -5.82. The van der Waals surface area contributed by atoms with Gasteiger partial charge in [-0.3, -0.25) is 14.6 Å². The summed E-state index contributed by atoms with van der Waals surface area (Å²) in [6.07, 6.45) is 10.9. The topological polar surface area (TPSA) is 167 Å². The van der Waals surface area contributed by atoms with Crippen LogP contribution in [0.15, 0.2) is 85.5 Å². The SMILES string of the molecule is COC(=O)N[C@H](C(=O)N1CCC[C@H]1c1ncc(-c2ccc(-c3ccc(-c4cnc(C5C6CCC(C6)[C@@H]5C(=O)NCc5cccnc5)[nH]4)cc3)cc2)[nH]1)[C@@H](C)OC. The number of amides is 3. The van der Waals surface area contributed by atoms with E-state index in [0.29, 0.717) is 30.7 Å². The van der Waals surface area contributed by atoms with Gasteiger partial charge in [0, 0.05) is 38.5 Å². The Balaban J connectivity index is 0.918. The van der Waals surface area contributed by atoms with Crippen LogP contribution < -0.4 is 10.6 Å². The zero-order valence-corrected chi connectivity index (χ0v) is 31.9. The quantitative estimate of drug-likeness (QED) is 0.114. The summed E-state index contributed by atoms with van der Waals surface area (Å²) in [6, 6.07) is 19.5. The Morgan fingerprint density at radius 1 is 0.839 bits per heavy atom. The fourth-order valence-corrected chi connectivity index (χ4v) is 9.06. The third kappa shape index (κ3) is 7.43. The van der Waals surface area contributed by atoms with Crippen molar-refractivity contribution in [1.29, 1.82) is 0 Å². The highest BCUT2D eigenvalue weighted by atomic mass is 16.5. The molecule has 1 aliphatic heterocycles. The zero-order valence-electron chi connectivity index (χ0n) is 31.9. The fourth-order valence-electron chi connectivity index (χ4n) is 9.06. The Bertz CT molecular complexity index is 2150. The van der Waals surface area contributed by atoms with Gasteiger partial charge in [-0.1, -0.05) is 54.6 Å². The summed E-state index contributed by atoms with van der Waals surface area (Å²) in [5.74, 6) is 2.35. The minimum atomic E-state index is -0.885. The number of carbonyl (C=O) groups is 3. The fraction of sp³-hybridized carbons (Fsp3) is 0.395. The van der Waals surface area contributed by atoms with Gasteiger partial charge in [0.25, 0.3) is 0 Å². The van der Waals surface area contributed by atoms with E-state index in [1.165, 1.54) is 14.2 Å². The summed E-state index contributed by atoms with van der Waals surface area (Å²) < 4.78 is 10.2. The molecule has 5 aromatic rings. The number of aromatic nitrogens is 5. The number of ether oxygens (including phenoxy) is 2. The van der Waals surface area contributed by atoms with E-state index in [1.807, 2.05) is 18.3 Å². The van der Waals surface area contributed by atoms with E-state index < -0.39 is 18.2 Å². The van der Waals surface area contributed by atoms with E-state index in [-0.39, 0.29) is 29.7 Å². The van der Waals surface area contributed by atoms with Crippen LogP contribution in [0.2, 0.25) is 0 Å². The predicted octanol–water partition coefficient (Wildman–Crippen LogP) is 6.40. The molecule has 1 saturated heterocycles. The van der Waals surface area contributed by atoms with Crippen molar-refractivity contribution in [2.75, 3.05) is 20.8 Å². The number of hydrogen-bond donors (Lipinski definition) is 4. The Morgan fingerprint density at radius 2 is 1.48 bits per heavy atom. The van der Waals surface area contributed by atoms with Crippen molar-refractivity contribution in [2.24, 2.45) is 17.8 Å². The number of nitrogens with zero attached hydrogens (tertiary/aromatic N) is 4. The van der Waals surface area contributed by atoms with Gasteiger partial charge in [-0.05, 0) is 84.7 Å². The molecule has 0 radical (unpaired) electrons. The second-order valence-electron chi connectivity index (χ2n) is 15.2. The van der Waals surface area contributed by atoms with Crippen LogP contribution in [0.1, 0.15) is 68.2 Å². The molecule has 4 heterocycles. The van der Waals surface area contributed by atoms with Crippen molar-refractivity contribution in [2.45, 2.75) is 69.7 Å². The van der Waals surface area contributed by atoms with Gasteiger partial charge in [-0.15, -0.1) is 0 Å². The van der Waals surface area contributed by atoms with Crippen molar-refractivity contribution >= 4 is 17.9 Å². The molecular formula is C43H48N8O5. The molecule has 7 atom stereocenters. The van der Waals surface area contributed by atoms with E-state index in [0.717, 1.165) is 77.1 Å². The first-order chi connectivity index (χ1) is 27.3. The molecule has 13 nitrogen and oxygen atoms in total. The van der Waals surface area contributed by atoms with Gasteiger partial charge in [-0.2, -0.15) is 0 Å². The van der Waals surface area contributed by atoms with Crippen LogP contribution in [0.4, 0.5) is 4.79 Å². The van der Waals surface area contributed by atoms with Crippen LogP contribution in [0.3, 0.4) is 0 Å². The highest BCUT2D eigenvalue weighted by Crippen LogP contribution is 2.56. The summed E-state index contributed by atoms with van der Waals surface area (Å²) in [6.45, 7) is 2.78. The second kappa shape index (κ2) is 16.1. The molecule has 290 valence electrons. The van der Waals surface area contributed by atoms with Gasteiger partial charge in [0.1, 0.15) is 17.7 Å². The first-order valence-corrected chi connectivity index (χ1v) is 19.5. The van der Waals surface area contributed by atoms with E-state index in [9.17, 15) is 14.4 Å². The van der Waals surface area contributed by atoms with Crippen molar-refractivity contribution in [1.82, 2.24) is 40.5 Å². The number of likely N-dealkylation sites (tertiary alicyclic amines) is 1. The van der Waals surface area contributed by atoms with Crippen molar-refractivity contribution in [3.8, 4) is 33.6 Å². The molecule has 0 spiro atoms. The van der Waals surface area contributed by atoms with Gasteiger partial charge in [-0.25, -0.2) is 14.8 Å². The molecule has 56 heavy (non-hydrogen) atoms. The van der Waals surface area contributed by atoms with Crippen LogP contribution in [0.25, 0.3) is 33.6 Å². The number of H-pyrrole nitrogens is 2. The number of methoxy groups -OCH3 is 2. The van der Waals surface area contributed by atoms with E-state index in [4.69, 9.17) is 14.5 Å². The minimum Gasteiger partial charge on any atom is -0.453 e. The second-order valence-corrected chi connectivity index (χ2v) is 15.2. The maximum Gasteiger partial charge on any atom is 0.407 e. The summed E-state index contributed by atoms with van der Waals surface area (Å²) >= 11 is 0. The van der Waals surface area contributed by atoms with Gasteiger partial charge in [0.05, 0.1) is 49.0 Å².